The fourth-order valence-corrected chi connectivity index (χ4v) is 3.91. The first-order valence-corrected chi connectivity index (χ1v) is 11.8. The van der Waals surface area contributed by atoms with Crippen LogP contribution < -0.4 is 10.1 Å². The Morgan fingerprint density at radius 2 is 1.94 bits per heavy atom. The lowest BCUT2D eigenvalue weighted by Crippen LogP contribution is -2.05. The number of aryl methyl sites for hydroxylation is 1. The van der Waals surface area contributed by atoms with Crippen molar-refractivity contribution in [3.8, 4) is 11.5 Å². The first kappa shape index (κ1) is 24.9. The molecule has 0 aliphatic heterocycles. The molecule has 0 saturated heterocycles. The standard InChI is InChI=1S/C29H26ClN3O3/c1-19-15-20(3-10-28(34)21-4-7-24(36-2)8-5-21)16-22(29(19)35)18-31-13-14-33-26-11-12-32-27-17-23(30)6-9-25(26)27/h3-12,15-18,35H,13-14H2,1-2H3,(H,32,33)/b10-3+,31-18?. The van der Waals surface area contributed by atoms with E-state index in [1.807, 2.05) is 37.3 Å². The van der Waals surface area contributed by atoms with E-state index in [0.29, 0.717) is 40.6 Å². The number of phenolic OH excluding ortho intramolecular Hbond substituents is 1. The van der Waals surface area contributed by atoms with E-state index in [9.17, 15) is 9.90 Å². The topological polar surface area (TPSA) is 83.8 Å². The van der Waals surface area contributed by atoms with Gasteiger partial charge in [0.25, 0.3) is 0 Å². The number of ether oxygens (including phenoxy) is 1. The van der Waals surface area contributed by atoms with E-state index in [1.165, 1.54) is 6.08 Å². The van der Waals surface area contributed by atoms with Crippen LogP contribution >= 0.6 is 11.6 Å². The molecule has 1 heterocycles. The summed E-state index contributed by atoms with van der Waals surface area (Å²) >= 11 is 6.06. The van der Waals surface area contributed by atoms with Gasteiger partial charge in [0.05, 0.1) is 19.2 Å². The van der Waals surface area contributed by atoms with Gasteiger partial charge in [-0.15, -0.1) is 0 Å². The van der Waals surface area contributed by atoms with Crippen LogP contribution in [0.4, 0.5) is 5.69 Å². The fourth-order valence-electron chi connectivity index (χ4n) is 3.75. The van der Waals surface area contributed by atoms with Crippen LogP contribution in [-0.2, 0) is 0 Å². The normalized spacial score (nSPS) is 11.4. The number of carbonyl (C=O) groups excluding carboxylic acids is 1. The highest BCUT2D eigenvalue weighted by Gasteiger charge is 2.06. The number of phenols is 1. The summed E-state index contributed by atoms with van der Waals surface area (Å²) in [7, 11) is 1.58. The molecule has 0 aliphatic rings. The second kappa shape index (κ2) is 11.5. The third-order valence-electron chi connectivity index (χ3n) is 5.65. The van der Waals surface area contributed by atoms with Gasteiger partial charge in [-0.1, -0.05) is 17.7 Å². The molecule has 0 bridgehead atoms. The third-order valence-corrected chi connectivity index (χ3v) is 5.88. The van der Waals surface area contributed by atoms with E-state index >= 15 is 0 Å². The maximum Gasteiger partial charge on any atom is 0.185 e. The van der Waals surface area contributed by atoms with Crippen molar-refractivity contribution in [1.82, 2.24) is 4.98 Å². The largest absolute Gasteiger partial charge is 0.507 e. The number of aromatic hydroxyl groups is 1. The predicted octanol–water partition coefficient (Wildman–Crippen LogP) is 6.34. The Hall–Kier alpha value is -4.16. The highest BCUT2D eigenvalue weighted by atomic mass is 35.5. The molecular formula is C29H26ClN3O3. The molecule has 3 aromatic carbocycles. The number of anilines is 1. The average molecular weight is 500 g/mol. The smallest absolute Gasteiger partial charge is 0.185 e. The van der Waals surface area contributed by atoms with Gasteiger partial charge in [-0.3, -0.25) is 14.8 Å². The van der Waals surface area contributed by atoms with E-state index in [0.717, 1.165) is 22.2 Å². The van der Waals surface area contributed by atoms with Crippen molar-refractivity contribution in [2.45, 2.75) is 6.92 Å². The number of aliphatic imine (C=N–C) groups is 1. The number of allylic oxidation sites excluding steroid dienone is 1. The summed E-state index contributed by atoms with van der Waals surface area (Å²) in [5.74, 6) is 0.751. The molecule has 7 heteroatoms. The summed E-state index contributed by atoms with van der Waals surface area (Å²) in [5, 5.41) is 15.5. The Bertz CT molecular complexity index is 1450. The zero-order valence-corrected chi connectivity index (χ0v) is 20.8. The van der Waals surface area contributed by atoms with Gasteiger partial charge in [-0.2, -0.15) is 0 Å². The third kappa shape index (κ3) is 6.09. The molecule has 2 N–H and O–H groups in total. The maximum atomic E-state index is 12.5. The summed E-state index contributed by atoms with van der Waals surface area (Å²) < 4.78 is 5.13. The van der Waals surface area contributed by atoms with E-state index in [-0.39, 0.29) is 11.5 Å². The zero-order chi connectivity index (χ0) is 25.5. The van der Waals surface area contributed by atoms with Crippen LogP contribution in [0.2, 0.25) is 5.02 Å². The number of rotatable bonds is 9. The molecule has 182 valence electrons. The Labute approximate surface area is 214 Å². The number of aromatic nitrogens is 1. The van der Waals surface area contributed by atoms with Gasteiger partial charge in [0.2, 0.25) is 0 Å². The Kier molecular flexibility index (Phi) is 7.98. The summed E-state index contributed by atoms with van der Waals surface area (Å²) in [6.45, 7) is 2.93. The minimum Gasteiger partial charge on any atom is -0.507 e. The van der Waals surface area contributed by atoms with Crippen LogP contribution in [0, 0.1) is 6.92 Å². The number of ketones is 1. The van der Waals surface area contributed by atoms with Gasteiger partial charge in [-0.05, 0) is 84.8 Å². The van der Waals surface area contributed by atoms with Crippen molar-refractivity contribution >= 4 is 46.3 Å². The lowest BCUT2D eigenvalue weighted by Gasteiger charge is -2.08. The first-order chi connectivity index (χ1) is 17.4. The molecule has 0 atom stereocenters. The lowest BCUT2D eigenvalue weighted by atomic mass is 10.0. The van der Waals surface area contributed by atoms with Gasteiger partial charge in [0, 0.05) is 46.2 Å². The molecule has 4 aromatic rings. The number of carbonyl (C=O) groups is 1. The van der Waals surface area contributed by atoms with Crippen molar-refractivity contribution in [1.29, 1.82) is 0 Å². The minimum absolute atomic E-state index is 0.115. The average Bonchev–Trinajstić information content (AvgIpc) is 2.89. The number of methoxy groups -OCH3 is 1. The van der Waals surface area contributed by atoms with E-state index in [2.05, 4.69) is 15.3 Å². The van der Waals surface area contributed by atoms with Crippen molar-refractivity contribution in [3.05, 3.63) is 100 Å². The van der Waals surface area contributed by atoms with Crippen LogP contribution in [0.25, 0.3) is 17.0 Å². The lowest BCUT2D eigenvalue weighted by molar-refractivity contribution is 0.104. The van der Waals surface area contributed by atoms with Gasteiger partial charge in [0.15, 0.2) is 5.78 Å². The van der Waals surface area contributed by atoms with Crippen LogP contribution in [0.5, 0.6) is 11.5 Å². The molecule has 0 radical (unpaired) electrons. The molecule has 0 fully saturated rings. The molecule has 0 aliphatic carbocycles. The quantitative estimate of drug-likeness (QED) is 0.121. The van der Waals surface area contributed by atoms with Crippen molar-refractivity contribution < 1.29 is 14.6 Å². The number of fused-ring (bicyclic) bond motifs is 1. The molecule has 0 amide bonds. The predicted molar refractivity (Wildman–Crippen MR) is 147 cm³/mol. The van der Waals surface area contributed by atoms with Gasteiger partial charge in [0.1, 0.15) is 11.5 Å². The Morgan fingerprint density at radius 1 is 1.14 bits per heavy atom. The van der Waals surface area contributed by atoms with Crippen molar-refractivity contribution in [3.63, 3.8) is 0 Å². The van der Waals surface area contributed by atoms with Gasteiger partial charge in [-0.25, -0.2) is 0 Å². The van der Waals surface area contributed by atoms with E-state index < -0.39 is 0 Å². The fraction of sp³-hybridized carbons (Fsp3) is 0.138. The van der Waals surface area contributed by atoms with Crippen LogP contribution in [0.15, 0.2) is 77.9 Å². The molecular weight excluding hydrogens is 474 g/mol. The second-order valence-electron chi connectivity index (χ2n) is 8.18. The van der Waals surface area contributed by atoms with E-state index in [4.69, 9.17) is 16.3 Å². The van der Waals surface area contributed by atoms with Crippen molar-refractivity contribution in [2.24, 2.45) is 4.99 Å². The number of halogens is 1. The SMILES string of the molecule is COc1ccc(C(=O)/C=C/c2cc(C)c(O)c(C=NCCNc3ccnc4cc(Cl)ccc34)c2)cc1. The minimum atomic E-state index is -0.115. The van der Waals surface area contributed by atoms with Crippen LogP contribution in [0.1, 0.15) is 27.0 Å². The van der Waals surface area contributed by atoms with E-state index in [1.54, 1.807) is 55.9 Å². The van der Waals surface area contributed by atoms with Crippen LogP contribution in [0.3, 0.4) is 0 Å². The zero-order valence-electron chi connectivity index (χ0n) is 20.0. The molecule has 36 heavy (non-hydrogen) atoms. The molecule has 1 aromatic heterocycles. The molecule has 0 unspecified atom stereocenters. The Morgan fingerprint density at radius 3 is 2.72 bits per heavy atom. The number of nitrogens with one attached hydrogen (secondary N) is 1. The maximum absolute atomic E-state index is 12.5. The summed E-state index contributed by atoms with van der Waals surface area (Å²) in [6.07, 6.45) is 6.64. The van der Waals surface area contributed by atoms with Gasteiger partial charge < -0.3 is 15.2 Å². The van der Waals surface area contributed by atoms with Crippen LogP contribution in [-0.4, -0.2) is 42.3 Å². The highest BCUT2D eigenvalue weighted by Crippen LogP contribution is 2.25. The number of hydrogen-bond acceptors (Lipinski definition) is 6. The summed E-state index contributed by atoms with van der Waals surface area (Å²) in [6, 6.07) is 18.1. The summed E-state index contributed by atoms with van der Waals surface area (Å²) in [5.41, 5.74) is 4.45. The molecule has 0 saturated carbocycles. The second-order valence-corrected chi connectivity index (χ2v) is 8.62. The number of benzene rings is 3. The summed E-state index contributed by atoms with van der Waals surface area (Å²) in [4.78, 5) is 21.3. The first-order valence-electron chi connectivity index (χ1n) is 11.4. The molecule has 0 spiro atoms. The highest BCUT2D eigenvalue weighted by molar-refractivity contribution is 6.31. The Balaban J connectivity index is 1.40. The van der Waals surface area contributed by atoms with Gasteiger partial charge >= 0.3 is 0 Å². The number of nitrogens with zero attached hydrogens (tertiary/aromatic N) is 2. The molecule has 6 nitrogen and oxygen atoms in total. The monoisotopic (exact) mass is 499 g/mol. The van der Waals surface area contributed by atoms with Crippen molar-refractivity contribution in [2.75, 3.05) is 25.5 Å². The number of hydrogen-bond donors (Lipinski definition) is 2. The number of pyridine rings is 1. The molecule has 4 rings (SSSR count).